The highest BCUT2D eigenvalue weighted by atomic mass is 32.2. The molecule has 0 amide bonds. The van der Waals surface area contributed by atoms with E-state index in [2.05, 4.69) is 36.4 Å². The molecule has 148 valence electrons. The smallest absolute Gasteiger partial charge is 0.307 e. The fourth-order valence-corrected chi connectivity index (χ4v) is 4.30. The molecule has 0 spiro atoms. The van der Waals surface area contributed by atoms with Crippen LogP contribution in [0.5, 0.6) is 0 Å². The Hall–Kier alpha value is -1.81. The molecular formula is C18H30N7OS+. The molecule has 1 fully saturated rings. The first-order chi connectivity index (χ1) is 13.1. The first-order valence-electron chi connectivity index (χ1n) is 9.27. The van der Waals surface area contributed by atoms with E-state index in [0.29, 0.717) is 0 Å². The molecule has 8 nitrogen and oxygen atoms in total. The van der Waals surface area contributed by atoms with Gasteiger partial charge in [-0.15, -0.1) is 4.18 Å². The number of nitrogens with one attached hydrogen (secondary N) is 3. The minimum atomic E-state index is -0.580. The van der Waals surface area contributed by atoms with E-state index >= 15 is 0 Å². The Balaban J connectivity index is 1.56. The predicted octanol–water partition coefficient (Wildman–Crippen LogP) is 1.31. The molecule has 2 aromatic heterocycles. The maximum Gasteiger partial charge on any atom is 0.307 e. The Kier molecular flexibility index (Phi) is 6.95. The Morgan fingerprint density at radius 2 is 2.04 bits per heavy atom. The van der Waals surface area contributed by atoms with Gasteiger partial charge in [-0.2, -0.15) is 9.82 Å². The van der Waals surface area contributed by atoms with Crippen molar-refractivity contribution in [2.45, 2.75) is 18.7 Å². The van der Waals surface area contributed by atoms with Gasteiger partial charge in [-0.3, -0.25) is 9.58 Å². The molecule has 1 aliphatic heterocycles. The van der Waals surface area contributed by atoms with Crippen LogP contribution in [-0.4, -0.2) is 66.0 Å². The lowest BCUT2D eigenvalue weighted by Crippen LogP contribution is -2.45. The first kappa shape index (κ1) is 19.9. The third kappa shape index (κ3) is 5.13. The highest BCUT2D eigenvalue weighted by Crippen LogP contribution is 2.24. The number of aromatic nitrogens is 3. The van der Waals surface area contributed by atoms with Gasteiger partial charge in [0.15, 0.2) is 0 Å². The summed E-state index contributed by atoms with van der Waals surface area (Å²) < 4.78 is 11.0. The molecule has 1 saturated heterocycles. The largest absolute Gasteiger partial charge is 0.369 e. The van der Waals surface area contributed by atoms with Crippen LogP contribution in [0.15, 0.2) is 23.2 Å². The number of nitrogens with zero attached hydrogens (tertiary/aromatic N) is 4. The van der Waals surface area contributed by atoms with Gasteiger partial charge in [0.1, 0.15) is 11.5 Å². The Labute approximate surface area is 164 Å². The molecule has 0 radical (unpaired) electrons. The summed E-state index contributed by atoms with van der Waals surface area (Å²) in [6.07, 6.45) is 1.87. The van der Waals surface area contributed by atoms with Gasteiger partial charge in [0.2, 0.25) is 4.90 Å². The fourth-order valence-electron chi connectivity index (χ4n) is 3.08. The van der Waals surface area contributed by atoms with E-state index in [4.69, 9.17) is 4.18 Å². The number of anilines is 2. The third-order valence-electron chi connectivity index (χ3n) is 4.76. The molecule has 0 aliphatic carbocycles. The van der Waals surface area contributed by atoms with Crippen molar-refractivity contribution >= 4 is 22.9 Å². The molecule has 0 aromatic carbocycles. The quantitative estimate of drug-likeness (QED) is 0.585. The summed E-state index contributed by atoms with van der Waals surface area (Å²) in [7, 11) is 3.65. The topological polar surface area (TPSA) is 79.3 Å². The minimum absolute atomic E-state index is 0.580. The molecule has 9 heteroatoms. The summed E-state index contributed by atoms with van der Waals surface area (Å²) in [4.78, 5) is 8.01. The molecule has 3 heterocycles. The first-order valence-corrected chi connectivity index (χ1v) is 10.4. The summed E-state index contributed by atoms with van der Waals surface area (Å²) in [6.45, 7) is 10.4. The molecule has 1 unspecified atom stereocenters. The summed E-state index contributed by atoms with van der Waals surface area (Å²) >= 11 is -0.580. The molecule has 1 aliphatic rings. The van der Waals surface area contributed by atoms with Crippen LogP contribution in [0.1, 0.15) is 11.4 Å². The number of pyridine rings is 1. The van der Waals surface area contributed by atoms with Crippen molar-refractivity contribution in [2.75, 3.05) is 56.4 Å². The van der Waals surface area contributed by atoms with Crippen molar-refractivity contribution in [2.24, 2.45) is 7.05 Å². The maximum absolute atomic E-state index is 5.67. The van der Waals surface area contributed by atoms with E-state index in [0.717, 1.165) is 67.1 Å². The Morgan fingerprint density at radius 1 is 1.26 bits per heavy atom. The standard InChI is InChI=1S/C18H30N7OS/c1-14-18(15(2)24(3)22-14)23-27(26-4)16-5-6-17(21-13-16)20-9-12-25-10-7-19-8-11-25/h5-6,13,19,23H,7-12H2,1-4H3,(H,20,21)/q+1. The van der Waals surface area contributed by atoms with E-state index in [1.54, 1.807) is 7.11 Å². The number of aryl methyl sites for hydroxylation is 2. The number of rotatable bonds is 8. The molecule has 1 atom stereocenters. The predicted molar refractivity (Wildman–Crippen MR) is 111 cm³/mol. The van der Waals surface area contributed by atoms with Crippen LogP contribution < -0.4 is 15.4 Å². The molecule has 0 saturated carbocycles. The van der Waals surface area contributed by atoms with Gasteiger partial charge >= 0.3 is 11.4 Å². The molecular weight excluding hydrogens is 362 g/mol. The van der Waals surface area contributed by atoms with Crippen LogP contribution in [0.4, 0.5) is 11.5 Å². The van der Waals surface area contributed by atoms with E-state index < -0.39 is 11.4 Å². The van der Waals surface area contributed by atoms with E-state index in [1.165, 1.54) is 0 Å². The second kappa shape index (κ2) is 9.41. The van der Waals surface area contributed by atoms with Crippen molar-refractivity contribution in [3.8, 4) is 0 Å². The maximum atomic E-state index is 5.67. The lowest BCUT2D eigenvalue weighted by molar-refractivity contribution is 0.249. The zero-order valence-electron chi connectivity index (χ0n) is 16.6. The molecule has 2 aromatic rings. The Morgan fingerprint density at radius 3 is 2.63 bits per heavy atom. The average Bonchev–Trinajstić information content (AvgIpc) is 2.93. The van der Waals surface area contributed by atoms with Crippen molar-refractivity contribution in [3.63, 3.8) is 0 Å². The van der Waals surface area contributed by atoms with Crippen LogP contribution in [0.25, 0.3) is 0 Å². The van der Waals surface area contributed by atoms with Crippen LogP contribution >= 0.6 is 0 Å². The lowest BCUT2D eigenvalue weighted by Gasteiger charge is -2.27. The zero-order valence-corrected chi connectivity index (χ0v) is 17.4. The van der Waals surface area contributed by atoms with Crippen LogP contribution in [0.2, 0.25) is 0 Å². The van der Waals surface area contributed by atoms with Gasteiger partial charge in [-0.25, -0.2) is 4.98 Å². The zero-order chi connectivity index (χ0) is 19.2. The van der Waals surface area contributed by atoms with E-state index in [9.17, 15) is 0 Å². The third-order valence-corrected chi connectivity index (χ3v) is 6.16. The number of hydrogen-bond donors (Lipinski definition) is 3. The summed E-state index contributed by atoms with van der Waals surface area (Å²) in [5.74, 6) is 0.891. The monoisotopic (exact) mass is 392 g/mol. The Bertz CT molecular complexity index is 728. The summed E-state index contributed by atoms with van der Waals surface area (Å²) in [5, 5.41) is 11.2. The number of piperazine rings is 1. The summed E-state index contributed by atoms with van der Waals surface area (Å²) in [6, 6.07) is 4.07. The van der Waals surface area contributed by atoms with E-state index in [-0.39, 0.29) is 0 Å². The van der Waals surface area contributed by atoms with Crippen molar-refractivity contribution in [1.29, 1.82) is 0 Å². The van der Waals surface area contributed by atoms with Gasteiger partial charge in [-0.1, -0.05) is 0 Å². The normalized spacial score (nSPS) is 16.3. The van der Waals surface area contributed by atoms with E-state index in [1.807, 2.05) is 37.8 Å². The van der Waals surface area contributed by atoms with Gasteiger partial charge in [0, 0.05) is 52.4 Å². The number of hydrogen-bond acceptors (Lipinski definition) is 7. The second-order valence-corrected chi connectivity index (χ2v) is 8.15. The van der Waals surface area contributed by atoms with Crippen molar-refractivity contribution < 1.29 is 4.18 Å². The minimum Gasteiger partial charge on any atom is -0.369 e. The lowest BCUT2D eigenvalue weighted by atomic mass is 10.3. The molecule has 0 bridgehead atoms. The van der Waals surface area contributed by atoms with Crippen LogP contribution in [-0.2, 0) is 22.6 Å². The van der Waals surface area contributed by atoms with Crippen molar-refractivity contribution in [1.82, 2.24) is 25.0 Å². The fraction of sp³-hybridized carbons (Fsp3) is 0.556. The van der Waals surface area contributed by atoms with Crippen LogP contribution in [0.3, 0.4) is 0 Å². The van der Waals surface area contributed by atoms with Gasteiger partial charge in [-0.05, 0) is 19.9 Å². The molecule has 3 rings (SSSR count). The molecule has 3 N–H and O–H groups in total. The highest BCUT2D eigenvalue weighted by Gasteiger charge is 2.27. The molecule has 27 heavy (non-hydrogen) atoms. The average molecular weight is 393 g/mol. The summed E-state index contributed by atoms with van der Waals surface area (Å²) in [5.41, 5.74) is 3.06. The second-order valence-electron chi connectivity index (χ2n) is 6.60. The highest BCUT2D eigenvalue weighted by molar-refractivity contribution is 7.93. The van der Waals surface area contributed by atoms with Gasteiger partial charge in [0.25, 0.3) is 0 Å². The van der Waals surface area contributed by atoms with Crippen molar-refractivity contribution in [3.05, 3.63) is 29.7 Å². The van der Waals surface area contributed by atoms with Gasteiger partial charge < -0.3 is 10.6 Å². The SMILES string of the molecule is CO[S+](Nc1c(C)nn(C)c1C)c1ccc(NCCN2CCNCC2)nc1. The van der Waals surface area contributed by atoms with Crippen LogP contribution in [0, 0.1) is 13.8 Å². The van der Waals surface area contributed by atoms with Gasteiger partial charge in [0.05, 0.1) is 24.7 Å².